The summed E-state index contributed by atoms with van der Waals surface area (Å²) in [6.07, 6.45) is 2.58. The van der Waals surface area contributed by atoms with Crippen molar-refractivity contribution in [3.8, 4) is 0 Å². The standard InChI is InChI=1S/C13H30O10P2/c1-3-5-7-20-25(19,21-8-6-4-2)23-24(17,18)22-12-13(9-14,10-15)11-16/h14-16H,3-12H2,1-2H3,(H,17,18). The SMILES string of the molecule is CCCCOP(=O)(OCCCC)OP(=O)(O)OCC(CO)(CO)CO. The van der Waals surface area contributed by atoms with E-state index in [4.69, 9.17) is 9.05 Å². The minimum Gasteiger partial charge on any atom is -0.396 e. The number of phosphoric ester groups is 2. The molecular weight excluding hydrogens is 378 g/mol. The molecule has 0 amide bonds. The van der Waals surface area contributed by atoms with Crippen LogP contribution in [-0.4, -0.2) is 59.9 Å². The van der Waals surface area contributed by atoms with Crippen LogP contribution in [0.5, 0.6) is 0 Å². The average molecular weight is 408 g/mol. The monoisotopic (exact) mass is 408 g/mol. The van der Waals surface area contributed by atoms with Gasteiger partial charge in [-0.15, -0.1) is 0 Å². The number of hydrogen-bond donors (Lipinski definition) is 4. The molecule has 152 valence electrons. The number of phosphoric acid groups is 2. The fraction of sp³-hybridized carbons (Fsp3) is 1.00. The van der Waals surface area contributed by atoms with Gasteiger partial charge in [-0.3, -0.25) is 13.6 Å². The lowest BCUT2D eigenvalue weighted by Gasteiger charge is -2.28. The maximum Gasteiger partial charge on any atom is 0.483 e. The Morgan fingerprint density at radius 3 is 1.64 bits per heavy atom. The zero-order valence-corrected chi connectivity index (χ0v) is 16.5. The molecule has 0 rings (SSSR count). The number of aliphatic hydroxyl groups excluding tert-OH is 3. The molecule has 12 heteroatoms. The quantitative estimate of drug-likeness (QED) is 0.220. The minimum atomic E-state index is -4.89. The Morgan fingerprint density at radius 1 is 0.840 bits per heavy atom. The molecule has 10 nitrogen and oxygen atoms in total. The Kier molecular flexibility index (Phi) is 12.6. The van der Waals surface area contributed by atoms with Gasteiger partial charge in [0.25, 0.3) is 0 Å². The van der Waals surface area contributed by atoms with Crippen LogP contribution in [0.2, 0.25) is 0 Å². The molecule has 0 aliphatic rings. The highest BCUT2D eigenvalue weighted by Gasteiger charge is 2.40. The zero-order chi connectivity index (χ0) is 19.4. The molecule has 0 heterocycles. The average Bonchev–Trinajstić information content (AvgIpc) is 2.56. The minimum absolute atomic E-state index is 0.00770. The lowest BCUT2D eigenvalue weighted by Crippen LogP contribution is -2.38. The molecule has 25 heavy (non-hydrogen) atoms. The van der Waals surface area contributed by atoms with Gasteiger partial charge in [0.05, 0.1) is 45.1 Å². The fourth-order valence-electron chi connectivity index (χ4n) is 1.38. The second-order valence-corrected chi connectivity index (χ2v) is 8.88. The zero-order valence-electron chi connectivity index (χ0n) is 14.7. The predicted molar refractivity (Wildman–Crippen MR) is 89.9 cm³/mol. The smallest absolute Gasteiger partial charge is 0.396 e. The molecule has 0 saturated carbocycles. The topological polar surface area (TPSA) is 152 Å². The highest BCUT2D eigenvalue weighted by Crippen LogP contribution is 2.63. The van der Waals surface area contributed by atoms with E-state index in [0.717, 1.165) is 12.8 Å². The first kappa shape index (κ1) is 25.1. The summed E-state index contributed by atoms with van der Waals surface area (Å²) in [5.74, 6) is 0. The van der Waals surface area contributed by atoms with E-state index in [1.165, 1.54) is 0 Å². The van der Waals surface area contributed by atoms with Gasteiger partial charge in [0.15, 0.2) is 0 Å². The first-order chi connectivity index (χ1) is 11.7. The second kappa shape index (κ2) is 12.5. The Hall–Kier alpha value is 0.140. The van der Waals surface area contributed by atoms with E-state index in [-0.39, 0.29) is 13.2 Å². The molecule has 0 aliphatic carbocycles. The van der Waals surface area contributed by atoms with Crippen LogP contribution in [0.1, 0.15) is 39.5 Å². The number of unbranched alkanes of at least 4 members (excludes halogenated alkanes) is 2. The number of rotatable bonds is 16. The van der Waals surface area contributed by atoms with E-state index in [1.54, 1.807) is 0 Å². The van der Waals surface area contributed by atoms with Crippen molar-refractivity contribution in [3.05, 3.63) is 0 Å². The summed E-state index contributed by atoms with van der Waals surface area (Å²) in [6.45, 7) is 0.986. The van der Waals surface area contributed by atoms with Gasteiger partial charge in [-0.2, -0.15) is 4.31 Å². The van der Waals surface area contributed by atoms with Gasteiger partial charge in [0.2, 0.25) is 0 Å². The summed E-state index contributed by atoms with van der Waals surface area (Å²) >= 11 is 0. The van der Waals surface area contributed by atoms with Gasteiger partial charge in [-0.1, -0.05) is 26.7 Å². The highest BCUT2D eigenvalue weighted by atomic mass is 31.3. The summed E-state index contributed by atoms with van der Waals surface area (Å²) in [6, 6.07) is 0. The molecule has 0 fully saturated rings. The molecule has 0 aromatic carbocycles. The molecule has 0 aromatic rings. The Bertz CT molecular complexity index is 418. The molecule has 4 N–H and O–H groups in total. The summed E-state index contributed by atoms with van der Waals surface area (Å²) in [5.41, 5.74) is -1.54. The van der Waals surface area contributed by atoms with Crippen LogP contribution in [0, 0.1) is 5.41 Å². The molecule has 1 unspecified atom stereocenters. The lowest BCUT2D eigenvalue weighted by atomic mass is 9.93. The Balaban J connectivity index is 4.91. The van der Waals surface area contributed by atoms with E-state index in [1.807, 2.05) is 13.8 Å². The van der Waals surface area contributed by atoms with E-state index in [9.17, 15) is 29.3 Å². The summed E-state index contributed by atoms with van der Waals surface area (Å²) in [7, 11) is -9.23. The lowest BCUT2D eigenvalue weighted by molar-refractivity contribution is -0.0320. The maximum atomic E-state index is 12.5. The number of aliphatic hydroxyl groups is 3. The number of hydrogen-bond acceptors (Lipinski definition) is 9. The predicted octanol–water partition coefficient (Wildman–Crippen LogP) is 1.82. The van der Waals surface area contributed by atoms with Crippen LogP contribution < -0.4 is 0 Å². The summed E-state index contributed by atoms with van der Waals surface area (Å²) in [4.78, 5) is 9.75. The highest BCUT2D eigenvalue weighted by molar-refractivity contribution is 7.61. The van der Waals surface area contributed by atoms with E-state index < -0.39 is 47.5 Å². The van der Waals surface area contributed by atoms with Crippen molar-refractivity contribution in [2.24, 2.45) is 5.41 Å². The Labute approximate surface area is 148 Å². The third kappa shape index (κ3) is 10.2. The van der Waals surface area contributed by atoms with Crippen LogP contribution in [0.15, 0.2) is 0 Å². The van der Waals surface area contributed by atoms with Gasteiger partial charge in [-0.25, -0.2) is 9.13 Å². The van der Waals surface area contributed by atoms with E-state index in [2.05, 4.69) is 8.83 Å². The van der Waals surface area contributed by atoms with Gasteiger partial charge in [-0.05, 0) is 12.8 Å². The normalized spacial score (nSPS) is 15.3. The summed E-state index contributed by atoms with van der Waals surface area (Å²) < 4.78 is 43.8. The van der Waals surface area contributed by atoms with Crippen LogP contribution in [-0.2, 0) is 27.0 Å². The molecule has 0 spiro atoms. The van der Waals surface area contributed by atoms with Gasteiger partial charge in [0, 0.05) is 0 Å². The molecule has 0 saturated heterocycles. The van der Waals surface area contributed by atoms with Crippen LogP contribution >= 0.6 is 15.6 Å². The maximum absolute atomic E-state index is 12.5. The van der Waals surface area contributed by atoms with Gasteiger partial charge < -0.3 is 20.2 Å². The fourth-order valence-corrected chi connectivity index (χ4v) is 4.17. The van der Waals surface area contributed by atoms with Crippen molar-refractivity contribution in [1.29, 1.82) is 0 Å². The molecule has 0 aromatic heterocycles. The third-order valence-corrected chi connectivity index (χ3v) is 6.32. The van der Waals surface area contributed by atoms with Crippen molar-refractivity contribution < 1.29 is 47.2 Å². The van der Waals surface area contributed by atoms with E-state index >= 15 is 0 Å². The van der Waals surface area contributed by atoms with Crippen LogP contribution in [0.4, 0.5) is 0 Å². The molecule has 1 atom stereocenters. The van der Waals surface area contributed by atoms with Crippen molar-refractivity contribution >= 4 is 15.6 Å². The van der Waals surface area contributed by atoms with Gasteiger partial charge >= 0.3 is 15.6 Å². The van der Waals surface area contributed by atoms with E-state index in [0.29, 0.717) is 12.8 Å². The molecule has 0 aliphatic heterocycles. The van der Waals surface area contributed by atoms with Crippen molar-refractivity contribution in [1.82, 2.24) is 0 Å². The second-order valence-electron chi connectivity index (χ2n) is 5.62. The molecular formula is C13H30O10P2. The first-order valence-corrected chi connectivity index (χ1v) is 11.1. The van der Waals surface area contributed by atoms with Crippen molar-refractivity contribution in [3.63, 3.8) is 0 Å². The Morgan fingerprint density at radius 2 is 1.28 bits per heavy atom. The third-order valence-electron chi connectivity index (χ3n) is 3.24. The van der Waals surface area contributed by atoms with Crippen molar-refractivity contribution in [2.45, 2.75) is 39.5 Å². The molecule has 0 bridgehead atoms. The largest absolute Gasteiger partial charge is 0.483 e. The summed E-state index contributed by atoms with van der Waals surface area (Å²) in [5, 5.41) is 27.5. The van der Waals surface area contributed by atoms with Crippen molar-refractivity contribution in [2.75, 3.05) is 39.6 Å². The molecule has 0 radical (unpaired) electrons. The van der Waals surface area contributed by atoms with Gasteiger partial charge in [0.1, 0.15) is 0 Å². The van der Waals surface area contributed by atoms with Crippen LogP contribution in [0.25, 0.3) is 0 Å². The van der Waals surface area contributed by atoms with Crippen LogP contribution in [0.3, 0.4) is 0 Å². The first-order valence-electron chi connectivity index (χ1n) is 8.12.